The van der Waals surface area contributed by atoms with Gasteiger partial charge >= 0.3 is 14.8 Å². The minimum Gasteiger partial charge on any atom is -0.465 e. The summed E-state index contributed by atoms with van der Waals surface area (Å²) in [5.41, 5.74) is 0. The summed E-state index contributed by atoms with van der Waals surface area (Å²) >= 11 is 3.63. The van der Waals surface area contributed by atoms with Crippen molar-refractivity contribution < 1.29 is 22.8 Å². The summed E-state index contributed by atoms with van der Waals surface area (Å²) in [5.74, 6) is -0.194. The summed E-state index contributed by atoms with van der Waals surface area (Å²) in [4.78, 5) is 11.5. The number of esters is 1. The van der Waals surface area contributed by atoms with E-state index >= 15 is 0 Å². The zero-order valence-electron chi connectivity index (χ0n) is 13.1. The van der Waals surface area contributed by atoms with Gasteiger partial charge in [0.2, 0.25) is 0 Å². The molecule has 0 aliphatic rings. The van der Waals surface area contributed by atoms with E-state index in [0.717, 1.165) is 25.3 Å². The smallest absolute Gasteiger partial charge is 0.465 e. The van der Waals surface area contributed by atoms with Crippen LogP contribution in [0.1, 0.15) is 33.1 Å². The molecule has 20 heavy (non-hydrogen) atoms. The van der Waals surface area contributed by atoms with Crippen LogP contribution in [0, 0.1) is 5.92 Å². The largest absolute Gasteiger partial charge is 0.501 e. The van der Waals surface area contributed by atoms with Gasteiger partial charge in [0.1, 0.15) is 0 Å². The van der Waals surface area contributed by atoms with Gasteiger partial charge in [0.25, 0.3) is 0 Å². The van der Waals surface area contributed by atoms with Crippen molar-refractivity contribution in [2.75, 3.05) is 27.9 Å². The average Bonchev–Trinajstić information content (AvgIpc) is 2.44. The Kier molecular flexibility index (Phi) is 10.8. The third-order valence-electron chi connectivity index (χ3n) is 3.03. The zero-order chi connectivity index (χ0) is 15.6. The minimum atomic E-state index is -2.51. The predicted molar refractivity (Wildman–Crippen MR) is 84.0 cm³/mol. The molecule has 0 saturated heterocycles. The molecule has 0 amide bonds. The lowest BCUT2D eigenvalue weighted by atomic mass is 10.2. The van der Waals surface area contributed by atoms with Crippen molar-refractivity contribution in [2.45, 2.75) is 44.0 Å². The second-order valence-corrected chi connectivity index (χ2v) is 9.21. The topological polar surface area (TPSA) is 54.0 Å². The first-order chi connectivity index (χ1) is 9.40. The number of halogens is 1. The SMILES string of the molecule is CO[Si](CC(Br)CCCCOC(=O)C(C)C)(OC)OC. The molecule has 0 aromatic carbocycles. The lowest BCUT2D eigenvalue weighted by molar-refractivity contribution is -0.147. The molecule has 0 N–H and O–H groups in total. The number of unbranched alkanes of at least 4 members (excludes halogenated alkanes) is 1. The van der Waals surface area contributed by atoms with Crippen LogP contribution in [-0.4, -0.2) is 47.5 Å². The molecular weight excluding hydrogens is 344 g/mol. The van der Waals surface area contributed by atoms with E-state index < -0.39 is 8.80 Å². The van der Waals surface area contributed by atoms with Gasteiger partial charge in [-0.25, -0.2) is 0 Å². The Morgan fingerprint density at radius 2 is 1.65 bits per heavy atom. The molecule has 7 heteroatoms. The van der Waals surface area contributed by atoms with E-state index in [1.165, 1.54) is 0 Å². The molecule has 0 aliphatic carbocycles. The Hall–Kier alpha value is 0.0469. The fourth-order valence-electron chi connectivity index (χ4n) is 1.68. The van der Waals surface area contributed by atoms with Crippen LogP contribution in [-0.2, 0) is 22.8 Å². The summed E-state index contributed by atoms with van der Waals surface area (Å²) < 4.78 is 21.3. The third kappa shape index (κ3) is 7.73. The highest BCUT2D eigenvalue weighted by molar-refractivity contribution is 9.09. The lowest BCUT2D eigenvalue weighted by Gasteiger charge is -2.26. The van der Waals surface area contributed by atoms with Gasteiger partial charge in [0.05, 0.1) is 12.5 Å². The molecule has 0 aromatic rings. The fraction of sp³-hybridized carbons (Fsp3) is 0.923. The molecule has 5 nitrogen and oxygen atoms in total. The highest BCUT2D eigenvalue weighted by atomic mass is 79.9. The Bertz CT molecular complexity index is 263. The third-order valence-corrected chi connectivity index (χ3v) is 7.27. The van der Waals surface area contributed by atoms with Crippen molar-refractivity contribution in [3.63, 3.8) is 0 Å². The first kappa shape index (κ1) is 20.0. The van der Waals surface area contributed by atoms with Gasteiger partial charge in [0.15, 0.2) is 0 Å². The van der Waals surface area contributed by atoms with E-state index in [0.29, 0.717) is 6.61 Å². The maximum atomic E-state index is 11.3. The second kappa shape index (κ2) is 10.7. The molecule has 0 aliphatic heterocycles. The Morgan fingerprint density at radius 1 is 1.10 bits per heavy atom. The average molecular weight is 371 g/mol. The molecule has 0 saturated carbocycles. The first-order valence-corrected chi connectivity index (χ1v) is 9.71. The molecule has 0 heterocycles. The first-order valence-electron chi connectivity index (χ1n) is 6.87. The normalized spacial score (nSPS) is 13.6. The standard InChI is InChI=1S/C13H27BrO5Si/c1-11(2)13(15)19-9-7-6-8-12(14)10-20(16-3,17-4)18-5/h11-12H,6-10H2,1-5H3. The van der Waals surface area contributed by atoms with Crippen molar-refractivity contribution >= 4 is 30.7 Å². The maximum Gasteiger partial charge on any atom is 0.501 e. The summed E-state index contributed by atoms with van der Waals surface area (Å²) in [6.45, 7) is 4.15. The molecule has 0 rings (SSSR count). The van der Waals surface area contributed by atoms with Crippen molar-refractivity contribution in [1.29, 1.82) is 0 Å². The minimum absolute atomic E-state index is 0.0596. The van der Waals surface area contributed by atoms with Gasteiger partial charge in [-0.05, 0) is 19.3 Å². The van der Waals surface area contributed by atoms with Gasteiger partial charge in [-0.2, -0.15) is 0 Å². The van der Waals surface area contributed by atoms with E-state index in [1.807, 2.05) is 13.8 Å². The van der Waals surface area contributed by atoms with Crippen molar-refractivity contribution in [1.82, 2.24) is 0 Å². The van der Waals surface area contributed by atoms with Crippen molar-refractivity contribution in [3.8, 4) is 0 Å². The highest BCUT2D eigenvalue weighted by Crippen LogP contribution is 2.23. The van der Waals surface area contributed by atoms with Crippen LogP contribution in [0.25, 0.3) is 0 Å². The second-order valence-electron chi connectivity index (χ2n) is 4.91. The van der Waals surface area contributed by atoms with Gasteiger partial charge < -0.3 is 18.0 Å². The van der Waals surface area contributed by atoms with Crippen LogP contribution in [0.15, 0.2) is 0 Å². The van der Waals surface area contributed by atoms with Gasteiger partial charge in [-0.15, -0.1) is 0 Å². The number of hydrogen-bond acceptors (Lipinski definition) is 5. The predicted octanol–water partition coefficient (Wildman–Crippen LogP) is 3.00. The zero-order valence-corrected chi connectivity index (χ0v) is 15.7. The number of carbonyl (C=O) groups excluding carboxylic acids is 1. The number of rotatable bonds is 11. The number of ether oxygens (including phenoxy) is 1. The lowest BCUT2D eigenvalue weighted by Crippen LogP contribution is -2.44. The summed E-state index contributed by atoms with van der Waals surface area (Å²) in [6, 6.07) is 0.724. The summed E-state index contributed by atoms with van der Waals surface area (Å²) in [6.07, 6.45) is 2.80. The Labute approximate surface area is 131 Å². The Balaban J connectivity index is 3.83. The van der Waals surface area contributed by atoms with Crippen LogP contribution in [0.5, 0.6) is 0 Å². The molecule has 1 unspecified atom stereocenters. The van der Waals surface area contributed by atoms with Gasteiger partial charge in [-0.3, -0.25) is 4.79 Å². The quantitative estimate of drug-likeness (QED) is 0.242. The van der Waals surface area contributed by atoms with Gasteiger partial charge in [0, 0.05) is 32.2 Å². The maximum absolute atomic E-state index is 11.3. The summed E-state index contributed by atoms with van der Waals surface area (Å²) in [5, 5.41) is 0. The molecule has 0 fully saturated rings. The molecule has 0 radical (unpaired) electrons. The number of hydrogen-bond donors (Lipinski definition) is 0. The molecule has 1 atom stereocenters. The van der Waals surface area contributed by atoms with Gasteiger partial charge in [-0.1, -0.05) is 29.8 Å². The monoisotopic (exact) mass is 370 g/mol. The highest BCUT2D eigenvalue weighted by Gasteiger charge is 2.39. The van der Waals surface area contributed by atoms with Crippen LogP contribution >= 0.6 is 15.9 Å². The van der Waals surface area contributed by atoms with E-state index in [4.69, 9.17) is 18.0 Å². The molecular formula is C13H27BrO5Si. The van der Waals surface area contributed by atoms with E-state index in [-0.39, 0.29) is 16.7 Å². The van der Waals surface area contributed by atoms with Crippen LogP contribution < -0.4 is 0 Å². The number of alkyl halides is 1. The van der Waals surface area contributed by atoms with E-state index in [9.17, 15) is 4.79 Å². The number of carbonyl (C=O) groups is 1. The van der Waals surface area contributed by atoms with Crippen molar-refractivity contribution in [2.24, 2.45) is 5.92 Å². The molecule has 0 bridgehead atoms. The fourth-order valence-corrected chi connectivity index (χ4v) is 4.94. The van der Waals surface area contributed by atoms with Crippen LogP contribution in [0.3, 0.4) is 0 Å². The Morgan fingerprint density at radius 3 is 2.10 bits per heavy atom. The van der Waals surface area contributed by atoms with E-state index in [1.54, 1.807) is 21.3 Å². The summed E-state index contributed by atoms with van der Waals surface area (Å²) in [7, 11) is 2.33. The van der Waals surface area contributed by atoms with Crippen LogP contribution in [0.4, 0.5) is 0 Å². The molecule has 0 spiro atoms. The van der Waals surface area contributed by atoms with Crippen molar-refractivity contribution in [3.05, 3.63) is 0 Å². The molecule has 0 aromatic heterocycles. The van der Waals surface area contributed by atoms with Crippen LogP contribution in [0.2, 0.25) is 6.04 Å². The van der Waals surface area contributed by atoms with E-state index in [2.05, 4.69) is 15.9 Å². The molecule has 120 valence electrons.